The van der Waals surface area contributed by atoms with Crippen LogP contribution < -0.4 is 0 Å². The molecule has 4 heteroatoms. The normalized spacial score (nSPS) is 11.4. The van der Waals surface area contributed by atoms with Crippen LogP contribution in [0.4, 0.5) is 0 Å². The molecule has 8 aromatic carbocycles. The maximum absolute atomic E-state index is 6.51. The Labute approximate surface area is 306 Å². The lowest BCUT2D eigenvalue weighted by atomic mass is 9.94. The molecule has 0 saturated carbocycles. The van der Waals surface area contributed by atoms with Gasteiger partial charge in [0, 0.05) is 27.5 Å². The molecule has 0 amide bonds. The van der Waals surface area contributed by atoms with E-state index in [1.807, 2.05) is 24.3 Å². The van der Waals surface area contributed by atoms with Crippen LogP contribution in [0.25, 0.3) is 100 Å². The summed E-state index contributed by atoms with van der Waals surface area (Å²) in [5, 5.41) is 4.37. The second-order valence-electron chi connectivity index (χ2n) is 13.2. The molecule has 0 aliphatic heterocycles. The molecule has 248 valence electrons. The van der Waals surface area contributed by atoms with Gasteiger partial charge in [0.2, 0.25) is 0 Å². The van der Waals surface area contributed by atoms with Crippen molar-refractivity contribution >= 4 is 32.7 Å². The highest BCUT2D eigenvalue weighted by Crippen LogP contribution is 2.39. The summed E-state index contributed by atoms with van der Waals surface area (Å²) in [6.07, 6.45) is 0. The molecule has 10 rings (SSSR count). The molecule has 0 saturated heterocycles. The van der Waals surface area contributed by atoms with E-state index in [2.05, 4.69) is 164 Å². The van der Waals surface area contributed by atoms with Crippen molar-refractivity contribution in [3.63, 3.8) is 0 Å². The molecule has 0 aliphatic rings. The van der Waals surface area contributed by atoms with Gasteiger partial charge in [0.25, 0.3) is 0 Å². The predicted octanol–water partition coefficient (Wildman–Crippen LogP) is 12.9. The van der Waals surface area contributed by atoms with Gasteiger partial charge in [-0.25, -0.2) is 15.0 Å². The molecular formula is C49H31N3O. The van der Waals surface area contributed by atoms with Crippen LogP contribution in [0.1, 0.15) is 0 Å². The summed E-state index contributed by atoms with van der Waals surface area (Å²) in [5.41, 5.74) is 11.2. The Balaban J connectivity index is 1.17. The minimum Gasteiger partial charge on any atom is -0.456 e. The van der Waals surface area contributed by atoms with Gasteiger partial charge in [-0.05, 0) is 74.5 Å². The van der Waals surface area contributed by atoms with E-state index in [0.29, 0.717) is 17.5 Å². The Bertz CT molecular complexity index is 2940. The van der Waals surface area contributed by atoms with Crippen molar-refractivity contribution in [2.45, 2.75) is 0 Å². The molecule has 2 heterocycles. The molecule has 0 aliphatic carbocycles. The standard InChI is InChI=1S/C49H31N3O/c1-4-14-32(15-5-1)35-20-12-21-36(30-35)47-50-48(37-26-27-43-45(31-37)53-44-25-13-24-39(46(43)44)34-18-8-3-9-19-34)52-49(51-47)42-29-28-38(33-16-6-2-7-17-33)40-22-10-11-23-41(40)42/h1-31H. The Morgan fingerprint density at radius 3 is 1.53 bits per heavy atom. The second kappa shape index (κ2) is 12.9. The van der Waals surface area contributed by atoms with Crippen molar-refractivity contribution in [1.82, 2.24) is 15.0 Å². The summed E-state index contributed by atoms with van der Waals surface area (Å²) in [7, 11) is 0. The van der Waals surface area contributed by atoms with Crippen molar-refractivity contribution in [3.8, 4) is 67.5 Å². The molecule has 2 aromatic heterocycles. The number of hydrogen-bond acceptors (Lipinski definition) is 4. The first-order chi connectivity index (χ1) is 26.3. The van der Waals surface area contributed by atoms with Gasteiger partial charge in [0.15, 0.2) is 17.5 Å². The Kier molecular flexibility index (Phi) is 7.43. The zero-order valence-electron chi connectivity index (χ0n) is 28.6. The van der Waals surface area contributed by atoms with Gasteiger partial charge in [-0.2, -0.15) is 0 Å². The number of benzene rings is 8. The Morgan fingerprint density at radius 2 is 0.811 bits per heavy atom. The summed E-state index contributed by atoms with van der Waals surface area (Å²) in [5.74, 6) is 1.80. The van der Waals surface area contributed by atoms with Crippen LogP contribution in [-0.2, 0) is 0 Å². The van der Waals surface area contributed by atoms with Crippen LogP contribution in [0.5, 0.6) is 0 Å². The summed E-state index contributed by atoms with van der Waals surface area (Å²) >= 11 is 0. The van der Waals surface area contributed by atoms with Crippen LogP contribution in [0.15, 0.2) is 192 Å². The number of rotatable bonds is 6. The molecule has 0 atom stereocenters. The predicted molar refractivity (Wildman–Crippen MR) is 217 cm³/mol. The average Bonchev–Trinajstić information content (AvgIpc) is 3.62. The highest BCUT2D eigenvalue weighted by molar-refractivity contribution is 6.13. The maximum Gasteiger partial charge on any atom is 0.164 e. The van der Waals surface area contributed by atoms with E-state index in [4.69, 9.17) is 19.4 Å². The quantitative estimate of drug-likeness (QED) is 0.176. The summed E-state index contributed by atoms with van der Waals surface area (Å²) in [6.45, 7) is 0. The van der Waals surface area contributed by atoms with Crippen LogP contribution in [-0.4, -0.2) is 15.0 Å². The third-order valence-corrected chi connectivity index (χ3v) is 9.95. The molecule has 4 nitrogen and oxygen atoms in total. The highest BCUT2D eigenvalue weighted by atomic mass is 16.3. The van der Waals surface area contributed by atoms with Gasteiger partial charge in [0.05, 0.1) is 0 Å². The highest BCUT2D eigenvalue weighted by Gasteiger charge is 2.18. The fourth-order valence-electron chi connectivity index (χ4n) is 7.41. The molecule has 0 radical (unpaired) electrons. The number of hydrogen-bond donors (Lipinski definition) is 0. The van der Waals surface area contributed by atoms with E-state index < -0.39 is 0 Å². The fourth-order valence-corrected chi connectivity index (χ4v) is 7.41. The van der Waals surface area contributed by atoms with E-state index in [9.17, 15) is 0 Å². The first-order valence-electron chi connectivity index (χ1n) is 17.8. The number of aromatic nitrogens is 3. The van der Waals surface area contributed by atoms with Crippen molar-refractivity contribution in [2.24, 2.45) is 0 Å². The molecule has 0 unspecified atom stereocenters. The minimum atomic E-state index is 0.581. The van der Waals surface area contributed by atoms with Crippen molar-refractivity contribution in [1.29, 1.82) is 0 Å². The lowest BCUT2D eigenvalue weighted by molar-refractivity contribution is 0.669. The summed E-state index contributed by atoms with van der Waals surface area (Å²) in [4.78, 5) is 15.5. The number of nitrogens with zero attached hydrogens (tertiary/aromatic N) is 3. The Morgan fingerprint density at radius 1 is 0.283 bits per heavy atom. The van der Waals surface area contributed by atoms with Crippen LogP contribution in [0.2, 0.25) is 0 Å². The number of fused-ring (bicyclic) bond motifs is 4. The van der Waals surface area contributed by atoms with Gasteiger partial charge in [-0.1, -0.05) is 158 Å². The Hall–Kier alpha value is -7.17. The maximum atomic E-state index is 6.51. The van der Waals surface area contributed by atoms with Crippen LogP contribution >= 0.6 is 0 Å². The lowest BCUT2D eigenvalue weighted by Gasteiger charge is -2.13. The van der Waals surface area contributed by atoms with E-state index in [1.54, 1.807) is 0 Å². The average molecular weight is 678 g/mol. The molecule has 0 bridgehead atoms. The monoisotopic (exact) mass is 677 g/mol. The lowest BCUT2D eigenvalue weighted by Crippen LogP contribution is -2.01. The molecule has 10 aromatic rings. The second-order valence-corrected chi connectivity index (χ2v) is 13.2. The summed E-state index contributed by atoms with van der Waals surface area (Å²) < 4.78 is 6.51. The van der Waals surface area contributed by atoms with Gasteiger partial charge < -0.3 is 4.42 Å². The fraction of sp³-hybridized carbons (Fsp3) is 0. The van der Waals surface area contributed by atoms with Crippen molar-refractivity contribution in [2.75, 3.05) is 0 Å². The van der Waals surface area contributed by atoms with Crippen LogP contribution in [0.3, 0.4) is 0 Å². The van der Waals surface area contributed by atoms with E-state index in [-0.39, 0.29) is 0 Å². The smallest absolute Gasteiger partial charge is 0.164 e. The molecule has 0 N–H and O–H groups in total. The summed E-state index contributed by atoms with van der Waals surface area (Å²) in [6, 6.07) is 65.1. The zero-order valence-corrected chi connectivity index (χ0v) is 28.6. The van der Waals surface area contributed by atoms with E-state index in [0.717, 1.165) is 71.7 Å². The molecule has 0 fully saturated rings. The van der Waals surface area contributed by atoms with Gasteiger partial charge in [0.1, 0.15) is 11.2 Å². The van der Waals surface area contributed by atoms with Gasteiger partial charge in [-0.3, -0.25) is 0 Å². The van der Waals surface area contributed by atoms with Gasteiger partial charge >= 0.3 is 0 Å². The largest absolute Gasteiger partial charge is 0.456 e. The van der Waals surface area contributed by atoms with Crippen molar-refractivity contribution < 1.29 is 4.42 Å². The van der Waals surface area contributed by atoms with E-state index in [1.165, 1.54) is 11.1 Å². The minimum absolute atomic E-state index is 0.581. The van der Waals surface area contributed by atoms with Crippen LogP contribution in [0, 0.1) is 0 Å². The topological polar surface area (TPSA) is 51.8 Å². The van der Waals surface area contributed by atoms with Crippen molar-refractivity contribution in [3.05, 3.63) is 188 Å². The third-order valence-electron chi connectivity index (χ3n) is 9.95. The zero-order chi connectivity index (χ0) is 35.1. The van der Waals surface area contributed by atoms with Gasteiger partial charge in [-0.15, -0.1) is 0 Å². The number of furan rings is 1. The third kappa shape index (κ3) is 5.54. The first-order valence-corrected chi connectivity index (χ1v) is 17.8. The molecule has 53 heavy (non-hydrogen) atoms. The first kappa shape index (κ1) is 30.6. The molecule has 0 spiro atoms. The van der Waals surface area contributed by atoms with E-state index >= 15 is 0 Å². The molecular weight excluding hydrogens is 647 g/mol. The SMILES string of the molecule is c1ccc(-c2cccc(-c3nc(-c4ccc5c(c4)oc4cccc(-c6ccccc6)c45)nc(-c4ccc(-c5ccccc5)c5ccccc45)n3)c2)cc1.